The first-order chi connectivity index (χ1) is 8.05. The van der Waals surface area contributed by atoms with Gasteiger partial charge in [-0.05, 0) is 0 Å². The normalized spacial score (nSPS) is 25.2. The predicted molar refractivity (Wildman–Crippen MR) is 59.5 cm³/mol. The van der Waals surface area contributed by atoms with Crippen LogP contribution < -0.4 is 0 Å². The van der Waals surface area contributed by atoms with E-state index >= 15 is 0 Å². The molecule has 0 amide bonds. The van der Waals surface area contributed by atoms with Crippen molar-refractivity contribution in [3.63, 3.8) is 0 Å². The lowest BCUT2D eigenvalue weighted by Gasteiger charge is -2.50. The monoisotopic (exact) mass is 290 g/mol. The first kappa shape index (κ1) is 9.80. The highest BCUT2D eigenvalue weighted by molar-refractivity contribution is 7.80. The standard InChI is InChI=1S/C8H2O6S3/c15-4-9-2-1-7(11-5(16)12-7)8(3(2)10-4)13-6(17)14-8/h1H2. The van der Waals surface area contributed by atoms with E-state index in [-0.39, 0.29) is 27.6 Å². The maximum Gasteiger partial charge on any atom is 0.401 e. The van der Waals surface area contributed by atoms with Gasteiger partial charge in [-0.1, -0.05) is 0 Å². The van der Waals surface area contributed by atoms with Crippen LogP contribution in [0.2, 0.25) is 0 Å². The summed E-state index contributed by atoms with van der Waals surface area (Å²) in [4.78, 5) is -0.0175. The molecule has 2 saturated heterocycles. The molecular formula is C8H2O6S3. The molecule has 0 unspecified atom stereocenters. The summed E-state index contributed by atoms with van der Waals surface area (Å²) in [6, 6.07) is 0. The van der Waals surface area contributed by atoms with Crippen LogP contribution >= 0.6 is 36.7 Å². The first-order valence-corrected chi connectivity index (χ1v) is 5.74. The van der Waals surface area contributed by atoms with Crippen LogP contribution in [-0.2, 0) is 31.2 Å². The summed E-state index contributed by atoms with van der Waals surface area (Å²) < 4.78 is 31.7. The van der Waals surface area contributed by atoms with Crippen molar-refractivity contribution in [1.29, 1.82) is 0 Å². The molecule has 1 aromatic heterocycles. The second-order valence-corrected chi connectivity index (χ2v) is 4.66. The Bertz CT molecular complexity index is 611. The van der Waals surface area contributed by atoms with E-state index in [0.29, 0.717) is 5.76 Å². The van der Waals surface area contributed by atoms with Crippen LogP contribution in [-0.4, -0.2) is 16.3 Å². The zero-order chi connectivity index (χ0) is 11.8. The van der Waals surface area contributed by atoms with E-state index in [1.165, 1.54) is 0 Å². The second-order valence-electron chi connectivity index (χ2n) is 3.66. The third-order valence-corrected chi connectivity index (χ3v) is 3.29. The third-order valence-electron chi connectivity index (χ3n) is 2.79. The highest BCUT2D eigenvalue weighted by Crippen LogP contribution is 2.58. The summed E-state index contributed by atoms with van der Waals surface area (Å²) in [5.41, 5.74) is 0. The van der Waals surface area contributed by atoms with E-state index in [0.717, 1.165) is 0 Å². The predicted octanol–water partition coefficient (Wildman–Crippen LogP) is 1.67. The first-order valence-electron chi connectivity index (χ1n) is 4.52. The molecule has 2 spiro atoms. The van der Waals surface area contributed by atoms with Crippen molar-refractivity contribution in [3.8, 4) is 0 Å². The maximum absolute atomic E-state index is 5.33. The molecule has 17 heavy (non-hydrogen) atoms. The number of hydrogen-bond acceptors (Lipinski definition) is 9. The van der Waals surface area contributed by atoms with Crippen LogP contribution in [0.4, 0.5) is 0 Å². The molecule has 88 valence electrons. The Kier molecular flexibility index (Phi) is 1.51. The SMILES string of the molecule is S=C1OC2(Cc3oc(=S)oc3C23OC(=S)O3)O1. The van der Waals surface area contributed by atoms with Gasteiger partial charge in [-0.3, -0.25) is 0 Å². The van der Waals surface area contributed by atoms with Crippen LogP contribution in [0.5, 0.6) is 0 Å². The molecule has 0 radical (unpaired) electrons. The van der Waals surface area contributed by atoms with Crippen molar-refractivity contribution in [3.05, 3.63) is 16.4 Å². The molecule has 2 aliphatic heterocycles. The van der Waals surface area contributed by atoms with Gasteiger partial charge in [-0.25, -0.2) is 0 Å². The minimum atomic E-state index is -1.39. The van der Waals surface area contributed by atoms with Crippen LogP contribution in [0.3, 0.4) is 0 Å². The fourth-order valence-corrected chi connectivity index (χ4v) is 2.84. The summed E-state index contributed by atoms with van der Waals surface area (Å²) in [7, 11) is 0. The summed E-state index contributed by atoms with van der Waals surface area (Å²) in [5, 5.41) is -0.0114. The van der Waals surface area contributed by atoms with Crippen LogP contribution in [0.25, 0.3) is 0 Å². The van der Waals surface area contributed by atoms with E-state index in [9.17, 15) is 0 Å². The van der Waals surface area contributed by atoms with Gasteiger partial charge in [0.05, 0.1) is 6.42 Å². The molecule has 4 rings (SSSR count). The fraction of sp³-hybridized carbons (Fsp3) is 0.375. The van der Waals surface area contributed by atoms with Crippen LogP contribution in [0.15, 0.2) is 8.83 Å². The van der Waals surface area contributed by atoms with Crippen LogP contribution in [0.1, 0.15) is 11.5 Å². The van der Waals surface area contributed by atoms with Gasteiger partial charge >= 0.3 is 27.0 Å². The highest BCUT2D eigenvalue weighted by atomic mass is 32.1. The smallest absolute Gasteiger partial charge is 0.401 e. The van der Waals surface area contributed by atoms with E-state index in [2.05, 4.69) is 0 Å². The molecule has 2 fully saturated rings. The molecule has 0 aromatic carbocycles. The second kappa shape index (κ2) is 2.62. The Labute approximate surface area is 109 Å². The van der Waals surface area contributed by atoms with Crippen molar-refractivity contribution >= 4 is 47.1 Å². The number of hydrogen-bond donors (Lipinski definition) is 0. The lowest BCUT2D eigenvalue weighted by Crippen LogP contribution is -2.69. The number of rotatable bonds is 0. The Hall–Kier alpha value is -1.19. The lowest BCUT2D eigenvalue weighted by atomic mass is 10.1. The van der Waals surface area contributed by atoms with Gasteiger partial charge in [0.15, 0.2) is 5.76 Å². The van der Waals surface area contributed by atoms with Gasteiger partial charge < -0.3 is 27.8 Å². The highest BCUT2D eigenvalue weighted by Gasteiger charge is 2.80. The maximum atomic E-state index is 5.33. The summed E-state index contributed by atoms with van der Waals surface area (Å²) in [6.45, 7) is 0. The van der Waals surface area contributed by atoms with Crippen molar-refractivity contribution in [1.82, 2.24) is 0 Å². The van der Waals surface area contributed by atoms with Gasteiger partial charge in [0.2, 0.25) is 5.76 Å². The van der Waals surface area contributed by atoms with Crippen molar-refractivity contribution in [2.45, 2.75) is 18.0 Å². The minimum Gasteiger partial charge on any atom is -0.418 e. The van der Waals surface area contributed by atoms with E-state index in [1.807, 2.05) is 0 Å². The largest absolute Gasteiger partial charge is 0.418 e. The van der Waals surface area contributed by atoms with Gasteiger partial charge in [-0.15, -0.1) is 0 Å². The molecule has 1 aliphatic carbocycles. The summed E-state index contributed by atoms with van der Waals surface area (Å²) >= 11 is 14.3. The number of ether oxygens (including phenoxy) is 4. The zero-order valence-electron chi connectivity index (χ0n) is 7.88. The molecule has 0 bridgehead atoms. The summed E-state index contributed by atoms with van der Waals surface area (Å²) in [5.74, 6) is -1.88. The van der Waals surface area contributed by atoms with E-state index in [4.69, 9.17) is 64.4 Å². The Morgan fingerprint density at radius 2 is 1.53 bits per heavy atom. The van der Waals surface area contributed by atoms with Crippen molar-refractivity contribution in [2.75, 3.05) is 0 Å². The molecule has 6 nitrogen and oxygen atoms in total. The Balaban J connectivity index is 1.88. The van der Waals surface area contributed by atoms with Crippen LogP contribution in [0, 0.1) is 4.90 Å². The molecule has 0 N–H and O–H groups in total. The zero-order valence-corrected chi connectivity index (χ0v) is 10.3. The van der Waals surface area contributed by atoms with Gasteiger partial charge in [0.25, 0.3) is 0 Å². The molecule has 0 atom stereocenters. The van der Waals surface area contributed by atoms with Gasteiger partial charge in [0, 0.05) is 36.7 Å². The third kappa shape index (κ3) is 0.941. The Morgan fingerprint density at radius 1 is 0.882 bits per heavy atom. The van der Waals surface area contributed by atoms with Crippen molar-refractivity contribution < 1.29 is 27.8 Å². The van der Waals surface area contributed by atoms with Crippen molar-refractivity contribution in [2.24, 2.45) is 0 Å². The molecule has 9 heteroatoms. The van der Waals surface area contributed by atoms with Gasteiger partial charge in [0.1, 0.15) is 0 Å². The Morgan fingerprint density at radius 3 is 2.12 bits per heavy atom. The molecule has 3 aliphatic rings. The molecule has 3 heterocycles. The summed E-state index contributed by atoms with van der Waals surface area (Å²) in [6.07, 6.45) is 0.227. The van der Waals surface area contributed by atoms with Gasteiger partial charge in [-0.2, -0.15) is 0 Å². The number of thiocarbonyl (C=S) groups is 2. The van der Waals surface area contributed by atoms with E-state index < -0.39 is 11.6 Å². The minimum absolute atomic E-state index is 0.0122. The van der Waals surface area contributed by atoms with E-state index in [1.54, 1.807) is 0 Å². The molecule has 1 aromatic rings. The molecular weight excluding hydrogens is 288 g/mol. The average Bonchev–Trinajstić information content (AvgIpc) is 2.60. The number of fused-ring (bicyclic) bond motifs is 3. The average molecular weight is 290 g/mol. The topological polar surface area (TPSA) is 63.2 Å². The molecule has 0 saturated carbocycles. The lowest BCUT2D eigenvalue weighted by molar-refractivity contribution is -0.424. The quantitative estimate of drug-likeness (QED) is 0.664. The fourth-order valence-electron chi connectivity index (χ4n) is 2.15.